The van der Waals surface area contributed by atoms with Crippen LogP contribution in [0.25, 0.3) is 5.65 Å². The summed E-state index contributed by atoms with van der Waals surface area (Å²) < 4.78 is 40.6. The molecule has 0 aliphatic heterocycles. The van der Waals surface area contributed by atoms with Gasteiger partial charge in [0.15, 0.2) is 5.82 Å². The Morgan fingerprint density at radius 3 is 2.52 bits per heavy atom. The topological polar surface area (TPSA) is 42.0 Å². The smallest absolute Gasteiger partial charge is 0.283 e. The molecule has 1 aromatic carbocycles. The number of hydrogen-bond donors (Lipinski definition) is 0. The third-order valence-electron chi connectivity index (χ3n) is 3.39. The summed E-state index contributed by atoms with van der Waals surface area (Å²) in [5, 5.41) is 7.79. The van der Waals surface area contributed by atoms with Crippen LogP contribution in [0, 0.1) is 13.8 Å². The molecular weight excluding hydrogens is 305 g/mol. The molecule has 0 bridgehead atoms. The van der Waals surface area contributed by atoms with Crippen LogP contribution in [-0.4, -0.2) is 9.38 Å². The third-order valence-corrected chi connectivity index (χ3v) is 3.39. The normalized spacial score (nSPS) is 12.4. The first-order valence-electron chi connectivity index (χ1n) is 6.89. The number of rotatable bonds is 2. The molecule has 0 spiro atoms. The highest BCUT2D eigenvalue weighted by molar-refractivity contribution is 5.53. The van der Waals surface area contributed by atoms with Crippen molar-refractivity contribution in [2.75, 3.05) is 0 Å². The van der Waals surface area contributed by atoms with Gasteiger partial charge in [0.25, 0.3) is 0 Å². The Bertz CT molecular complexity index is 894. The number of aryl methyl sites for hydroxylation is 2. The zero-order chi connectivity index (χ0) is 16.6. The van der Waals surface area contributed by atoms with Crippen molar-refractivity contribution in [2.24, 2.45) is 10.2 Å². The van der Waals surface area contributed by atoms with Crippen molar-refractivity contribution in [1.29, 1.82) is 0 Å². The van der Waals surface area contributed by atoms with Crippen LogP contribution in [0.15, 0.2) is 52.8 Å². The van der Waals surface area contributed by atoms with Gasteiger partial charge < -0.3 is 0 Å². The van der Waals surface area contributed by atoms with Crippen LogP contribution < -0.4 is 0 Å². The van der Waals surface area contributed by atoms with E-state index in [2.05, 4.69) is 15.2 Å². The van der Waals surface area contributed by atoms with E-state index in [0.717, 1.165) is 11.6 Å². The van der Waals surface area contributed by atoms with Crippen LogP contribution in [0.3, 0.4) is 0 Å². The summed E-state index contributed by atoms with van der Waals surface area (Å²) in [5.41, 5.74) is 1.28. The minimum Gasteiger partial charge on any atom is -0.283 e. The molecule has 7 heteroatoms. The third kappa shape index (κ3) is 2.94. The Labute approximate surface area is 130 Å². The molecule has 0 N–H and O–H groups in total. The highest BCUT2D eigenvalue weighted by Gasteiger charge is 2.33. The molecule has 0 radical (unpaired) electrons. The van der Waals surface area contributed by atoms with Gasteiger partial charge in [0.05, 0.1) is 16.9 Å². The fraction of sp³-hybridized carbons (Fsp3) is 0.188. The van der Waals surface area contributed by atoms with Crippen LogP contribution in [0.2, 0.25) is 0 Å². The van der Waals surface area contributed by atoms with Gasteiger partial charge in [-0.2, -0.15) is 13.2 Å². The number of nitrogens with zero attached hydrogens (tertiary/aromatic N) is 4. The molecule has 0 atom stereocenters. The van der Waals surface area contributed by atoms with Crippen molar-refractivity contribution in [3.8, 4) is 0 Å². The lowest BCUT2D eigenvalue weighted by molar-refractivity contribution is -0.137. The maximum Gasteiger partial charge on any atom is 0.418 e. The van der Waals surface area contributed by atoms with Gasteiger partial charge in [-0.05, 0) is 43.7 Å². The van der Waals surface area contributed by atoms with Gasteiger partial charge >= 0.3 is 6.18 Å². The summed E-state index contributed by atoms with van der Waals surface area (Å²) in [4.78, 5) is 4.34. The van der Waals surface area contributed by atoms with Gasteiger partial charge in [-0.3, -0.25) is 4.40 Å². The average molecular weight is 318 g/mol. The molecule has 0 saturated carbocycles. The van der Waals surface area contributed by atoms with E-state index in [1.807, 2.05) is 19.1 Å². The van der Waals surface area contributed by atoms with Gasteiger partial charge in [0, 0.05) is 6.20 Å². The van der Waals surface area contributed by atoms with Gasteiger partial charge in [-0.1, -0.05) is 12.1 Å². The average Bonchev–Trinajstić information content (AvgIpc) is 2.79. The van der Waals surface area contributed by atoms with E-state index < -0.39 is 11.7 Å². The lowest BCUT2D eigenvalue weighted by Gasteiger charge is -2.08. The summed E-state index contributed by atoms with van der Waals surface area (Å²) in [5.74, 6) is 0.414. The standard InChI is InChI=1S/C16H13F3N4/c1-10-7-8-23-14(9-10)20-11(2)15(23)22-21-13-6-4-3-5-12(13)16(17,18)19/h3-9H,1-2H3. The Morgan fingerprint density at radius 1 is 1.04 bits per heavy atom. The van der Waals surface area contributed by atoms with Gasteiger partial charge in [0.1, 0.15) is 5.65 Å². The molecule has 118 valence electrons. The molecule has 2 heterocycles. The molecule has 0 amide bonds. The Kier molecular flexibility index (Phi) is 3.63. The van der Waals surface area contributed by atoms with E-state index in [1.165, 1.54) is 18.2 Å². The molecular formula is C16H13F3N4. The first kappa shape index (κ1) is 15.2. The van der Waals surface area contributed by atoms with Gasteiger partial charge in [-0.25, -0.2) is 4.98 Å². The van der Waals surface area contributed by atoms with Crippen molar-refractivity contribution in [3.63, 3.8) is 0 Å². The maximum absolute atomic E-state index is 13.0. The minimum atomic E-state index is -4.47. The molecule has 3 aromatic rings. The molecule has 4 nitrogen and oxygen atoms in total. The van der Waals surface area contributed by atoms with Crippen LogP contribution in [0.5, 0.6) is 0 Å². The van der Waals surface area contributed by atoms with Crippen molar-refractivity contribution in [2.45, 2.75) is 20.0 Å². The van der Waals surface area contributed by atoms with E-state index in [1.54, 1.807) is 17.5 Å². The predicted octanol–water partition coefficient (Wildman–Crippen LogP) is 5.39. The van der Waals surface area contributed by atoms with Crippen molar-refractivity contribution in [3.05, 3.63) is 59.4 Å². The van der Waals surface area contributed by atoms with E-state index >= 15 is 0 Å². The van der Waals surface area contributed by atoms with E-state index in [9.17, 15) is 13.2 Å². The highest BCUT2D eigenvalue weighted by atomic mass is 19.4. The minimum absolute atomic E-state index is 0.221. The molecule has 0 aliphatic rings. The molecule has 0 saturated heterocycles. The lowest BCUT2D eigenvalue weighted by atomic mass is 10.2. The van der Waals surface area contributed by atoms with Crippen molar-refractivity contribution >= 4 is 17.2 Å². The number of imidazole rings is 1. The number of pyridine rings is 1. The summed E-state index contributed by atoms with van der Waals surface area (Å²) >= 11 is 0. The largest absolute Gasteiger partial charge is 0.418 e. The highest BCUT2D eigenvalue weighted by Crippen LogP contribution is 2.36. The number of alkyl halides is 3. The number of hydrogen-bond acceptors (Lipinski definition) is 3. The summed E-state index contributed by atoms with van der Waals surface area (Å²) in [6.45, 7) is 3.68. The van der Waals surface area contributed by atoms with Crippen LogP contribution in [0.4, 0.5) is 24.7 Å². The van der Waals surface area contributed by atoms with Crippen molar-refractivity contribution in [1.82, 2.24) is 9.38 Å². The molecule has 0 unspecified atom stereocenters. The van der Waals surface area contributed by atoms with E-state index in [4.69, 9.17) is 0 Å². The second kappa shape index (κ2) is 5.49. The SMILES string of the molecule is Cc1ccn2c(N=Nc3ccccc3C(F)(F)F)c(C)nc2c1. The fourth-order valence-corrected chi connectivity index (χ4v) is 2.27. The second-order valence-corrected chi connectivity index (χ2v) is 5.17. The monoisotopic (exact) mass is 318 g/mol. The Morgan fingerprint density at radius 2 is 1.78 bits per heavy atom. The molecule has 3 rings (SSSR count). The zero-order valence-electron chi connectivity index (χ0n) is 12.5. The molecule has 2 aromatic heterocycles. The molecule has 0 aliphatic carbocycles. The first-order valence-corrected chi connectivity index (χ1v) is 6.89. The van der Waals surface area contributed by atoms with Crippen LogP contribution in [0.1, 0.15) is 16.8 Å². The summed E-state index contributed by atoms with van der Waals surface area (Å²) in [6.07, 6.45) is -2.70. The zero-order valence-corrected chi connectivity index (χ0v) is 12.5. The van der Waals surface area contributed by atoms with Gasteiger partial charge in [-0.15, -0.1) is 10.2 Å². The van der Waals surface area contributed by atoms with Gasteiger partial charge in [0.2, 0.25) is 0 Å². The fourth-order valence-electron chi connectivity index (χ4n) is 2.27. The van der Waals surface area contributed by atoms with Crippen LogP contribution >= 0.6 is 0 Å². The molecule has 23 heavy (non-hydrogen) atoms. The predicted molar refractivity (Wildman–Crippen MR) is 80.3 cm³/mol. The van der Waals surface area contributed by atoms with E-state index in [0.29, 0.717) is 17.2 Å². The second-order valence-electron chi connectivity index (χ2n) is 5.17. The van der Waals surface area contributed by atoms with E-state index in [-0.39, 0.29) is 5.69 Å². The summed E-state index contributed by atoms with van der Waals surface area (Å²) in [7, 11) is 0. The molecule has 0 fully saturated rings. The quantitative estimate of drug-likeness (QED) is 0.584. The number of aromatic nitrogens is 2. The lowest BCUT2D eigenvalue weighted by Crippen LogP contribution is -2.04. The Balaban J connectivity index is 2.07. The summed E-state index contributed by atoms with van der Waals surface area (Å²) in [6, 6.07) is 8.83. The number of fused-ring (bicyclic) bond motifs is 1. The number of halogens is 3. The van der Waals surface area contributed by atoms with Crippen LogP contribution in [-0.2, 0) is 6.18 Å². The number of azo groups is 1. The maximum atomic E-state index is 13.0. The first-order chi connectivity index (χ1) is 10.9. The Hall–Kier alpha value is -2.70. The number of benzene rings is 1. The van der Waals surface area contributed by atoms with Crippen molar-refractivity contribution < 1.29 is 13.2 Å².